The van der Waals surface area contributed by atoms with Crippen molar-refractivity contribution >= 4 is 0 Å². The van der Waals surface area contributed by atoms with E-state index in [-0.39, 0.29) is 5.41 Å². The monoisotopic (exact) mass is 664 g/mol. The minimum Gasteiger partial charge on any atom is -0.457 e. The van der Waals surface area contributed by atoms with Gasteiger partial charge in [-0.25, -0.2) is 0 Å². The second kappa shape index (κ2) is 11.8. The van der Waals surface area contributed by atoms with Gasteiger partial charge >= 0.3 is 0 Å². The molecule has 1 aliphatic heterocycles. The quantitative estimate of drug-likeness (QED) is 0.178. The van der Waals surface area contributed by atoms with Gasteiger partial charge in [0.15, 0.2) is 0 Å². The van der Waals surface area contributed by atoms with Gasteiger partial charge in [0, 0.05) is 16.5 Å². The second-order valence-corrected chi connectivity index (χ2v) is 14.1. The van der Waals surface area contributed by atoms with Crippen molar-refractivity contribution in [3.8, 4) is 44.9 Å². The molecule has 0 spiro atoms. The number of para-hydroxylation sites is 1. The Hall–Kier alpha value is -6.44. The van der Waals surface area contributed by atoms with Crippen LogP contribution in [0.3, 0.4) is 0 Å². The average molecular weight is 665 g/mol. The number of hydrogen-bond acceptors (Lipinski definition) is 1. The highest BCUT2D eigenvalue weighted by Crippen LogP contribution is 2.57. The van der Waals surface area contributed by atoms with Gasteiger partial charge in [-0.15, -0.1) is 0 Å². The zero-order chi connectivity index (χ0) is 34.7. The summed E-state index contributed by atoms with van der Waals surface area (Å²) in [6, 6.07) is 72.8. The summed E-state index contributed by atoms with van der Waals surface area (Å²) in [6.07, 6.45) is 0. The van der Waals surface area contributed by atoms with Gasteiger partial charge in [-0.1, -0.05) is 176 Å². The van der Waals surface area contributed by atoms with E-state index in [1.54, 1.807) is 0 Å². The van der Waals surface area contributed by atoms with Crippen LogP contribution in [-0.4, -0.2) is 0 Å². The lowest BCUT2D eigenvalue weighted by Crippen LogP contribution is -2.34. The molecule has 0 saturated heterocycles. The van der Waals surface area contributed by atoms with Gasteiger partial charge in [0.2, 0.25) is 0 Å². The number of fused-ring (bicyclic) bond motifs is 5. The van der Waals surface area contributed by atoms with Gasteiger partial charge in [0.05, 0.1) is 5.41 Å². The highest BCUT2D eigenvalue weighted by atomic mass is 16.5. The molecule has 0 aromatic heterocycles. The molecule has 8 aromatic carbocycles. The normalized spacial score (nSPS) is 16.2. The van der Waals surface area contributed by atoms with Crippen LogP contribution in [0.15, 0.2) is 200 Å². The number of benzene rings is 8. The summed E-state index contributed by atoms with van der Waals surface area (Å²) in [5.74, 6) is 1.77. The zero-order valence-electron chi connectivity index (χ0n) is 29.0. The molecule has 0 bridgehead atoms. The Morgan fingerprint density at radius 1 is 0.346 bits per heavy atom. The molecule has 1 atom stereocenters. The Morgan fingerprint density at radius 3 is 1.60 bits per heavy atom. The average Bonchev–Trinajstić information content (AvgIpc) is 3.49. The van der Waals surface area contributed by atoms with Crippen LogP contribution in [0.25, 0.3) is 33.4 Å². The molecule has 8 aromatic rings. The molecule has 2 aliphatic rings. The van der Waals surface area contributed by atoms with E-state index in [4.69, 9.17) is 4.74 Å². The predicted octanol–water partition coefficient (Wildman–Crippen LogP) is 12.8. The van der Waals surface area contributed by atoms with Crippen molar-refractivity contribution in [2.75, 3.05) is 0 Å². The molecule has 52 heavy (non-hydrogen) atoms. The van der Waals surface area contributed by atoms with E-state index in [1.165, 1.54) is 55.6 Å². The van der Waals surface area contributed by atoms with Crippen molar-refractivity contribution in [3.05, 3.63) is 239 Å². The summed E-state index contributed by atoms with van der Waals surface area (Å²) in [4.78, 5) is 0. The summed E-state index contributed by atoms with van der Waals surface area (Å²) in [6.45, 7) is 2.38. The SMILES string of the molecule is CC1(c2ccccc2)c2ccccc2-c2c(-c3cccc(-c4ccc5c(c4)C(c4ccccc4)(c4ccccc4)c4ccccc4O5)c3)cccc21. The van der Waals surface area contributed by atoms with Gasteiger partial charge in [-0.3, -0.25) is 0 Å². The molecule has 1 aliphatic carbocycles. The van der Waals surface area contributed by atoms with E-state index in [0.717, 1.165) is 28.2 Å². The first-order chi connectivity index (χ1) is 25.7. The highest BCUT2D eigenvalue weighted by molar-refractivity contribution is 5.94. The van der Waals surface area contributed by atoms with Crippen LogP contribution in [-0.2, 0) is 10.8 Å². The Bertz CT molecular complexity index is 2560. The molecular formula is C51H36O. The predicted molar refractivity (Wildman–Crippen MR) is 213 cm³/mol. The molecular weight excluding hydrogens is 629 g/mol. The van der Waals surface area contributed by atoms with E-state index in [9.17, 15) is 0 Å². The van der Waals surface area contributed by atoms with Gasteiger partial charge in [0.1, 0.15) is 11.5 Å². The van der Waals surface area contributed by atoms with E-state index >= 15 is 0 Å². The fourth-order valence-electron chi connectivity index (χ4n) is 9.12. The Morgan fingerprint density at radius 2 is 0.865 bits per heavy atom. The molecule has 1 heterocycles. The minimum absolute atomic E-state index is 0.242. The summed E-state index contributed by atoms with van der Waals surface area (Å²) in [7, 11) is 0. The van der Waals surface area contributed by atoms with Gasteiger partial charge < -0.3 is 4.74 Å². The molecule has 10 rings (SSSR count). The maximum Gasteiger partial charge on any atom is 0.132 e. The number of hydrogen-bond donors (Lipinski definition) is 0. The minimum atomic E-state index is -0.563. The van der Waals surface area contributed by atoms with Crippen LogP contribution >= 0.6 is 0 Å². The van der Waals surface area contributed by atoms with Gasteiger partial charge in [-0.05, 0) is 92.4 Å². The lowest BCUT2D eigenvalue weighted by Gasteiger charge is -2.41. The summed E-state index contributed by atoms with van der Waals surface area (Å²) in [5, 5.41) is 0. The van der Waals surface area contributed by atoms with Crippen molar-refractivity contribution in [1.29, 1.82) is 0 Å². The Kier molecular flexibility index (Phi) is 6.91. The third-order valence-corrected chi connectivity index (χ3v) is 11.5. The van der Waals surface area contributed by atoms with E-state index in [0.29, 0.717) is 0 Å². The molecule has 0 saturated carbocycles. The van der Waals surface area contributed by atoms with E-state index in [2.05, 4.69) is 207 Å². The summed E-state index contributed by atoms with van der Waals surface area (Å²) in [5.41, 5.74) is 15.3. The first-order valence-electron chi connectivity index (χ1n) is 18.1. The van der Waals surface area contributed by atoms with Crippen LogP contribution in [0.5, 0.6) is 11.5 Å². The molecule has 0 N–H and O–H groups in total. The maximum absolute atomic E-state index is 6.70. The van der Waals surface area contributed by atoms with Crippen molar-refractivity contribution < 1.29 is 4.74 Å². The molecule has 0 amide bonds. The number of rotatable bonds is 5. The van der Waals surface area contributed by atoms with E-state index < -0.39 is 5.41 Å². The van der Waals surface area contributed by atoms with Crippen molar-refractivity contribution in [3.63, 3.8) is 0 Å². The molecule has 1 heteroatoms. The highest BCUT2D eigenvalue weighted by Gasteiger charge is 2.45. The van der Waals surface area contributed by atoms with Crippen LogP contribution in [0, 0.1) is 0 Å². The van der Waals surface area contributed by atoms with Crippen molar-refractivity contribution in [2.45, 2.75) is 17.8 Å². The summed E-state index contributed by atoms with van der Waals surface area (Å²) >= 11 is 0. The van der Waals surface area contributed by atoms with Crippen molar-refractivity contribution in [2.24, 2.45) is 0 Å². The molecule has 0 fully saturated rings. The topological polar surface area (TPSA) is 9.23 Å². The summed E-state index contributed by atoms with van der Waals surface area (Å²) < 4.78 is 6.70. The zero-order valence-corrected chi connectivity index (χ0v) is 29.0. The first kappa shape index (κ1) is 30.4. The fraction of sp³-hybridized carbons (Fsp3) is 0.0588. The Balaban J connectivity index is 1.16. The third kappa shape index (κ3) is 4.36. The smallest absolute Gasteiger partial charge is 0.132 e. The third-order valence-electron chi connectivity index (χ3n) is 11.5. The van der Waals surface area contributed by atoms with Crippen LogP contribution < -0.4 is 4.74 Å². The molecule has 246 valence electrons. The first-order valence-corrected chi connectivity index (χ1v) is 18.1. The number of ether oxygens (including phenoxy) is 1. The molecule has 1 unspecified atom stereocenters. The largest absolute Gasteiger partial charge is 0.457 e. The van der Waals surface area contributed by atoms with Crippen LogP contribution in [0.1, 0.15) is 45.9 Å². The fourth-order valence-corrected chi connectivity index (χ4v) is 9.12. The lowest BCUT2D eigenvalue weighted by molar-refractivity contribution is 0.434. The molecule has 0 radical (unpaired) electrons. The van der Waals surface area contributed by atoms with Gasteiger partial charge in [0.25, 0.3) is 0 Å². The maximum atomic E-state index is 6.70. The Labute approximate surface area is 305 Å². The van der Waals surface area contributed by atoms with Gasteiger partial charge in [-0.2, -0.15) is 0 Å². The van der Waals surface area contributed by atoms with E-state index in [1.807, 2.05) is 0 Å². The lowest BCUT2D eigenvalue weighted by atomic mass is 9.63. The van der Waals surface area contributed by atoms with Crippen molar-refractivity contribution in [1.82, 2.24) is 0 Å². The van der Waals surface area contributed by atoms with Crippen LogP contribution in [0.2, 0.25) is 0 Å². The second-order valence-electron chi connectivity index (χ2n) is 14.1. The van der Waals surface area contributed by atoms with Crippen LogP contribution in [0.4, 0.5) is 0 Å². The standard InChI is InChI=1S/C51H36O/c1-50(38-19-5-2-6-20-38)43-27-12-11-25-42(43)49-41(26-16-29-45(49)50)37-18-15-17-35(33-37)36-31-32-48-46(34-36)51(39-21-7-3-8-22-39,40-23-9-4-10-24-40)44-28-13-14-30-47(44)52-48/h2-34H,1H3. The molecule has 1 nitrogen and oxygen atoms in total.